The maximum atomic E-state index is 8.92. The molecule has 0 spiro atoms. The first-order valence-electron chi connectivity index (χ1n) is 4.97. The van der Waals surface area contributed by atoms with E-state index in [1.807, 2.05) is 12.1 Å². The Labute approximate surface area is 95.9 Å². The molecule has 0 aliphatic carbocycles. The van der Waals surface area contributed by atoms with Gasteiger partial charge in [-0.3, -0.25) is 0 Å². The summed E-state index contributed by atoms with van der Waals surface area (Å²) >= 11 is 0. The number of pyridine rings is 1. The molecule has 0 saturated carbocycles. The molecule has 4 heteroatoms. The molecule has 0 amide bonds. The van der Waals surface area contributed by atoms with Gasteiger partial charge in [-0.1, -0.05) is 6.07 Å². The van der Waals surface area contributed by atoms with Crippen LogP contribution >= 0.6 is 12.4 Å². The van der Waals surface area contributed by atoms with E-state index in [1.54, 1.807) is 6.20 Å². The standard InChI is InChI=1S/C11H13N3.ClH/c12-8-11-10(2-1-5-14-11)9-3-6-13-7-4-9;/h1-2,5,9,13H,3-4,6-7H2;1H. The SMILES string of the molecule is Cl.N#Cc1ncccc1C1CCNCC1. The minimum Gasteiger partial charge on any atom is -0.317 e. The Kier molecular flexibility index (Phi) is 4.54. The zero-order chi connectivity index (χ0) is 9.80. The second-order valence-electron chi connectivity index (χ2n) is 3.58. The zero-order valence-electron chi connectivity index (χ0n) is 8.44. The summed E-state index contributed by atoms with van der Waals surface area (Å²) in [5.74, 6) is 0.514. The van der Waals surface area contributed by atoms with E-state index in [9.17, 15) is 0 Å². The lowest BCUT2D eigenvalue weighted by atomic mass is 9.89. The van der Waals surface area contributed by atoms with Gasteiger partial charge in [0, 0.05) is 6.20 Å². The van der Waals surface area contributed by atoms with Gasteiger partial charge < -0.3 is 5.32 Å². The minimum absolute atomic E-state index is 0. The summed E-state index contributed by atoms with van der Waals surface area (Å²) in [5.41, 5.74) is 1.72. The summed E-state index contributed by atoms with van der Waals surface area (Å²) in [6.45, 7) is 2.09. The van der Waals surface area contributed by atoms with E-state index in [1.165, 1.54) is 0 Å². The Balaban J connectivity index is 0.00000112. The van der Waals surface area contributed by atoms with Gasteiger partial charge in [0.2, 0.25) is 0 Å². The van der Waals surface area contributed by atoms with Gasteiger partial charge in [-0.25, -0.2) is 4.98 Å². The molecule has 0 radical (unpaired) electrons. The molecule has 1 fully saturated rings. The lowest BCUT2D eigenvalue weighted by Gasteiger charge is -2.23. The summed E-state index contributed by atoms with van der Waals surface area (Å²) in [6, 6.07) is 6.11. The van der Waals surface area contributed by atoms with Crippen molar-refractivity contribution in [3.8, 4) is 6.07 Å². The molecule has 0 atom stereocenters. The number of halogens is 1. The van der Waals surface area contributed by atoms with E-state index < -0.39 is 0 Å². The van der Waals surface area contributed by atoms with Crippen LogP contribution in [-0.2, 0) is 0 Å². The smallest absolute Gasteiger partial charge is 0.143 e. The van der Waals surface area contributed by atoms with Gasteiger partial charge in [-0.15, -0.1) is 12.4 Å². The highest BCUT2D eigenvalue weighted by molar-refractivity contribution is 5.85. The Hall–Kier alpha value is -1.11. The normalized spacial score (nSPS) is 16.5. The van der Waals surface area contributed by atoms with Crippen LogP contribution in [-0.4, -0.2) is 18.1 Å². The van der Waals surface area contributed by atoms with Crippen molar-refractivity contribution >= 4 is 12.4 Å². The first-order valence-corrected chi connectivity index (χ1v) is 4.97. The molecule has 1 aromatic rings. The zero-order valence-corrected chi connectivity index (χ0v) is 9.26. The molecule has 1 aliphatic heterocycles. The fourth-order valence-corrected chi connectivity index (χ4v) is 1.97. The molecular formula is C11H14ClN3. The topological polar surface area (TPSA) is 48.7 Å². The molecule has 1 N–H and O–H groups in total. The summed E-state index contributed by atoms with van der Waals surface area (Å²) in [4.78, 5) is 4.09. The van der Waals surface area contributed by atoms with E-state index >= 15 is 0 Å². The van der Waals surface area contributed by atoms with Crippen LogP contribution in [0, 0.1) is 11.3 Å². The lowest BCUT2D eigenvalue weighted by molar-refractivity contribution is 0.459. The number of nitrogens with zero attached hydrogens (tertiary/aromatic N) is 2. The third-order valence-corrected chi connectivity index (χ3v) is 2.72. The fraction of sp³-hybridized carbons (Fsp3) is 0.455. The number of aromatic nitrogens is 1. The van der Waals surface area contributed by atoms with Crippen LogP contribution < -0.4 is 5.32 Å². The summed E-state index contributed by atoms with van der Waals surface area (Å²) in [6.07, 6.45) is 3.91. The van der Waals surface area contributed by atoms with Crippen LogP contribution in [0.25, 0.3) is 0 Å². The first-order chi connectivity index (χ1) is 6.92. The van der Waals surface area contributed by atoms with Gasteiger partial charge in [0.25, 0.3) is 0 Å². The van der Waals surface area contributed by atoms with Gasteiger partial charge in [0.1, 0.15) is 11.8 Å². The second-order valence-corrected chi connectivity index (χ2v) is 3.58. The number of rotatable bonds is 1. The maximum Gasteiger partial charge on any atom is 0.143 e. The third-order valence-electron chi connectivity index (χ3n) is 2.72. The lowest BCUT2D eigenvalue weighted by Crippen LogP contribution is -2.27. The predicted octanol–water partition coefficient (Wildman–Crippen LogP) is 1.84. The average molecular weight is 224 g/mol. The van der Waals surface area contributed by atoms with Crippen molar-refractivity contribution in [2.45, 2.75) is 18.8 Å². The molecule has 1 aromatic heterocycles. The third kappa shape index (κ3) is 2.68. The van der Waals surface area contributed by atoms with Crippen LogP contribution in [0.3, 0.4) is 0 Å². The Morgan fingerprint density at radius 3 is 2.80 bits per heavy atom. The van der Waals surface area contributed by atoms with Gasteiger partial charge >= 0.3 is 0 Å². The predicted molar refractivity (Wildman–Crippen MR) is 61.0 cm³/mol. The molecule has 0 unspecified atom stereocenters. The molecule has 15 heavy (non-hydrogen) atoms. The molecule has 0 aromatic carbocycles. The highest BCUT2D eigenvalue weighted by Crippen LogP contribution is 2.26. The van der Waals surface area contributed by atoms with Crippen LogP contribution in [0.5, 0.6) is 0 Å². The number of nitrogens with one attached hydrogen (secondary N) is 1. The van der Waals surface area contributed by atoms with E-state index in [0.717, 1.165) is 31.5 Å². The molecule has 80 valence electrons. The molecular weight excluding hydrogens is 210 g/mol. The number of hydrogen-bond donors (Lipinski definition) is 1. The second kappa shape index (κ2) is 5.69. The average Bonchev–Trinajstić information content (AvgIpc) is 2.30. The van der Waals surface area contributed by atoms with Crippen LogP contribution in [0.15, 0.2) is 18.3 Å². The van der Waals surface area contributed by atoms with Crippen LogP contribution in [0.4, 0.5) is 0 Å². The first kappa shape index (κ1) is 12.0. The number of hydrogen-bond acceptors (Lipinski definition) is 3. The number of piperidine rings is 1. The number of nitriles is 1. The molecule has 3 nitrogen and oxygen atoms in total. The van der Waals surface area contributed by atoms with Crippen LogP contribution in [0.2, 0.25) is 0 Å². The van der Waals surface area contributed by atoms with Crippen molar-refractivity contribution < 1.29 is 0 Å². The van der Waals surface area contributed by atoms with E-state index in [-0.39, 0.29) is 12.4 Å². The highest BCUT2D eigenvalue weighted by atomic mass is 35.5. The van der Waals surface area contributed by atoms with Gasteiger partial charge in [0.15, 0.2) is 0 Å². The van der Waals surface area contributed by atoms with Gasteiger partial charge in [0.05, 0.1) is 0 Å². The summed E-state index contributed by atoms with van der Waals surface area (Å²) in [5, 5.41) is 12.2. The van der Waals surface area contributed by atoms with Crippen molar-refractivity contribution in [3.63, 3.8) is 0 Å². The van der Waals surface area contributed by atoms with E-state index in [0.29, 0.717) is 11.6 Å². The Bertz CT molecular complexity index is 353. The van der Waals surface area contributed by atoms with Crippen LogP contribution in [0.1, 0.15) is 30.0 Å². The molecule has 0 bridgehead atoms. The summed E-state index contributed by atoms with van der Waals surface area (Å²) in [7, 11) is 0. The minimum atomic E-state index is 0. The fourth-order valence-electron chi connectivity index (χ4n) is 1.97. The Morgan fingerprint density at radius 2 is 2.13 bits per heavy atom. The largest absolute Gasteiger partial charge is 0.317 e. The van der Waals surface area contributed by atoms with Crippen molar-refractivity contribution in [1.29, 1.82) is 5.26 Å². The summed E-state index contributed by atoms with van der Waals surface area (Å²) < 4.78 is 0. The quantitative estimate of drug-likeness (QED) is 0.791. The van der Waals surface area contributed by atoms with Gasteiger partial charge in [-0.05, 0) is 43.5 Å². The molecule has 1 aliphatic rings. The van der Waals surface area contributed by atoms with Crippen molar-refractivity contribution in [2.75, 3.05) is 13.1 Å². The van der Waals surface area contributed by atoms with E-state index in [2.05, 4.69) is 16.4 Å². The molecule has 1 saturated heterocycles. The maximum absolute atomic E-state index is 8.92. The monoisotopic (exact) mass is 223 g/mol. The highest BCUT2D eigenvalue weighted by Gasteiger charge is 2.18. The van der Waals surface area contributed by atoms with Crippen molar-refractivity contribution in [3.05, 3.63) is 29.6 Å². The molecule has 2 rings (SSSR count). The van der Waals surface area contributed by atoms with Crippen molar-refractivity contribution in [1.82, 2.24) is 10.3 Å². The Morgan fingerprint density at radius 1 is 1.40 bits per heavy atom. The molecule has 2 heterocycles. The van der Waals surface area contributed by atoms with Gasteiger partial charge in [-0.2, -0.15) is 5.26 Å². The van der Waals surface area contributed by atoms with Crippen molar-refractivity contribution in [2.24, 2.45) is 0 Å². The van der Waals surface area contributed by atoms with E-state index in [4.69, 9.17) is 5.26 Å².